The van der Waals surface area contributed by atoms with E-state index in [0.717, 1.165) is 37.1 Å². The van der Waals surface area contributed by atoms with Crippen molar-refractivity contribution < 1.29 is 9.53 Å². The van der Waals surface area contributed by atoms with Crippen LogP contribution in [0.15, 0.2) is 24.3 Å². The molecule has 0 atom stereocenters. The second-order valence-electron chi connectivity index (χ2n) is 4.20. The van der Waals surface area contributed by atoms with E-state index in [-0.39, 0.29) is 12.5 Å². The molecule has 18 heavy (non-hydrogen) atoms. The number of anilines is 1. The predicted molar refractivity (Wildman–Crippen MR) is 73.3 cm³/mol. The maximum absolute atomic E-state index is 11.3. The quantitative estimate of drug-likeness (QED) is 0.545. The van der Waals surface area contributed by atoms with E-state index in [1.165, 1.54) is 0 Å². The molecule has 0 bridgehead atoms. The molecule has 0 aromatic heterocycles. The molecule has 0 heterocycles. The minimum absolute atomic E-state index is 0.0514. The summed E-state index contributed by atoms with van der Waals surface area (Å²) in [5.41, 5.74) is 7.64. The number of hydrogen-bond acceptors (Lipinski definition) is 3. The summed E-state index contributed by atoms with van der Waals surface area (Å²) < 4.78 is 5.32. The minimum Gasteiger partial charge on any atom is -0.399 e. The Labute approximate surface area is 109 Å². The van der Waals surface area contributed by atoms with E-state index in [1.807, 2.05) is 24.3 Å². The van der Waals surface area contributed by atoms with Crippen LogP contribution in [0.4, 0.5) is 5.69 Å². The van der Waals surface area contributed by atoms with Gasteiger partial charge in [-0.15, -0.1) is 0 Å². The first-order valence-corrected chi connectivity index (χ1v) is 6.42. The molecule has 0 aliphatic rings. The number of unbranched alkanes of at least 4 members (excludes halogenated alkanes) is 1. The molecular weight excluding hydrogens is 228 g/mol. The normalized spacial score (nSPS) is 10.3. The number of nitrogen functional groups attached to an aromatic ring is 1. The number of rotatable bonds is 8. The first-order valence-electron chi connectivity index (χ1n) is 6.42. The molecule has 1 aromatic carbocycles. The maximum atomic E-state index is 11.3. The summed E-state index contributed by atoms with van der Waals surface area (Å²) in [4.78, 5) is 11.3. The fourth-order valence-electron chi connectivity index (χ4n) is 1.56. The maximum Gasteiger partial charge on any atom is 0.245 e. The average Bonchev–Trinajstić information content (AvgIpc) is 2.37. The van der Waals surface area contributed by atoms with Crippen LogP contribution in [0.1, 0.15) is 25.3 Å². The third kappa shape index (κ3) is 5.68. The Balaban J connectivity index is 2.12. The van der Waals surface area contributed by atoms with Crippen LogP contribution in [-0.4, -0.2) is 25.7 Å². The van der Waals surface area contributed by atoms with Gasteiger partial charge in [-0.2, -0.15) is 0 Å². The zero-order chi connectivity index (χ0) is 13.2. The van der Waals surface area contributed by atoms with E-state index in [9.17, 15) is 4.79 Å². The van der Waals surface area contributed by atoms with Crippen molar-refractivity contribution in [3.8, 4) is 0 Å². The highest BCUT2D eigenvalue weighted by Gasteiger charge is 2.01. The molecule has 1 rings (SSSR count). The molecular formula is C14H22N2O2. The Kier molecular flexibility index (Phi) is 6.87. The van der Waals surface area contributed by atoms with Crippen LogP contribution >= 0.6 is 0 Å². The van der Waals surface area contributed by atoms with Crippen molar-refractivity contribution in [2.75, 3.05) is 25.5 Å². The van der Waals surface area contributed by atoms with Gasteiger partial charge in [0.05, 0.1) is 6.61 Å². The summed E-state index contributed by atoms with van der Waals surface area (Å²) in [6.45, 7) is 3.45. The van der Waals surface area contributed by atoms with Gasteiger partial charge in [0.15, 0.2) is 0 Å². The number of hydrogen-bond donors (Lipinski definition) is 2. The van der Waals surface area contributed by atoms with Crippen molar-refractivity contribution in [2.24, 2.45) is 0 Å². The van der Waals surface area contributed by atoms with Crippen LogP contribution in [0.3, 0.4) is 0 Å². The highest BCUT2D eigenvalue weighted by Crippen LogP contribution is 2.10. The molecule has 100 valence electrons. The number of para-hydroxylation sites is 1. The molecule has 0 aliphatic heterocycles. The summed E-state index contributed by atoms with van der Waals surface area (Å²) in [6, 6.07) is 7.69. The topological polar surface area (TPSA) is 64.3 Å². The van der Waals surface area contributed by atoms with Crippen molar-refractivity contribution in [1.82, 2.24) is 5.32 Å². The van der Waals surface area contributed by atoms with Gasteiger partial charge >= 0.3 is 0 Å². The highest BCUT2D eigenvalue weighted by molar-refractivity contribution is 5.77. The van der Waals surface area contributed by atoms with Crippen LogP contribution < -0.4 is 11.1 Å². The molecule has 0 aliphatic carbocycles. The minimum atomic E-state index is -0.0514. The highest BCUT2D eigenvalue weighted by atomic mass is 16.5. The standard InChI is InChI=1S/C14H22N2O2/c1-2-3-9-16-14(17)11-18-10-8-12-6-4-5-7-13(12)15/h4-7H,2-3,8-11,15H2,1H3,(H,16,17). The van der Waals surface area contributed by atoms with Crippen LogP contribution in [0.5, 0.6) is 0 Å². The number of benzene rings is 1. The molecule has 1 aromatic rings. The summed E-state index contributed by atoms with van der Waals surface area (Å²) in [6.07, 6.45) is 2.82. The molecule has 4 heteroatoms. The van der Waals surface area contributed by atoms with E-state index in [0.29, 0.717) is 6.61 Å². The van der Waals surface area contributed by atoms with E-state index in [4.69, 9.17) is 10.5 Å². The fourth-order valence-corrected chi connectivity index (χ4v) is 1.56. The van der Waals surface area contributed by atoms with Gasteiger partial charge in [-0.3, -0.25) is 4.79 Å². The largest absolute Gasteiger partial charge is 0.399 e. The van der Waals surface area contributed by atoms with E-state index < -0.39 is 0 Å². The molecule has 0 saturated carbocycles. The third-order valence-corrected chi connectivity index (χ3v) is 2.66. The molecule has 0 saturated heterocycles. The Morgan fingerprint density at radius 2 is 2.17 bits per heavy atom. The van der Waals surface area contributed by atoms with Crippen molar-refractivity contribution >= 4 is 11.6 Å². The summed E-state index contributed by atoms with van der Waals surface area (Å²) in [5.74, 6) is -0.0514. The lowest BCUT2D eigenvalue weighted by Gasteiger charge is -2.07. The first kappa shape index (κ1) is 14.5. The molecule has 0 spiro atoms. The Hall–Kier alpha value is -1.55. The average molecular weight is 250 g/mol. The monoisotopic (exact) mass is 250 g/mol. The number of nitrogens with two attached hydrogens (primary N) is 1. The van der Waals surface area contributed by atoms with Gasteiger partial charge in [-0.1, -0.05) is 31.5 Å². The first-order chi connectivity index (χ1) is 8.74. The zero-order valence-corrected chi connectivity index (χ0v) is 10.9. The van der Waals surface area contributed by atoms with Crippen molar-refractivity contribution in [3.63, 3.8) is 0 Å². The van der Waals surface area contributed by atoms with Gasteiger partial charge in [-0.05, 0) is 24.5 Å². The molecule has 0 unspecified atom stereocenters. The second-order valence-corrected chi connectivity index (χ2v) is 4.20. The smallest absolute Gasteiger partial charge is 0.245 e. The van der Waals surface area contributed by atoms with Crippen LogP contribution in [0.2, 0.25) is 0 Å². The fraction of sp³-hybridized carbons (Fsp3) is 0.500. The molecule has 4 nitrogen and oxygen atoms in total. The van der Waals surface area contributed by atoms with Crippen LogP contribution in [0.25, 0.3) is 0 Å². The summed E-state index contributed by atoms with van der Waals surface area (Å²) in [5, 5.41) is 2.81. The summed E-state index contributed by atoms with van der Waals surface area (Å²) in [7, 11) is 0. The van der Waals surface area contributed by atoms with E-state index in [2.05, 4.69) is 12.2 Å². The lowest BCUT2D eigenvalue weighted by molar-refractivity contribution is -0.125. The Morgan fingerprint density at radius 3 is 2.89 bits per heavy atom. The summed E-state index contributed by atoms with van der Waals surface area (Å²) >= 11 is 0. The van der Waals surface area contributed by atoms with Gasteiger partial charge in [0.25, 0.3) is 0 Å². The van der Waals surface area contributed by atoms with Crippen LogP contribution in [-0.2, 0) is 16.0 Å². The van der Waals surface area contributed by atoms with Crippen molar-refractivity contribution in [3.05, 3.63) is 29.8 Å². The Morgan fingerprint density at radius 1 is 1.39 bits per heavy atom. The van der Waals surface area contributed by atoms with Gasteiger partial charge in [-0.25, -0.2) is 0 Å². The van der Waals surface area contributed by atoms with Gasteiger partial charge in [0.2, 0.25) is 5.91 Å². The lowest BCUT2D eigenvalue weighted by Crippen LogP contribution is -2.28. The SMILES string of the molecule is CCCCNC(=O)COCCc1ccccc1N. The van der Waals surface area contributed by atoms with Gasteiger partial charge in [0, 0.05) is 12.2 Å². The molecule has 0 fully saturated rings. The van der Waals surface area contributed by atoms with Gasteiger partial charge < -0.3 is 15.8 Å². The Bertz CT molecular complexity index is 367. The molecule has 3 N–H and O–H groups in total. The number of carbonyl (C=O) groups is 1. The van der Waals surface area contributed by atoms with E-state index >= 15 is 0 Å². The third-order valence-electron chi connectivity index (χ3n) is 2.66. The second kappa shape index (κ2) is 8.53. The number of amides is 1. The van der Waals surface area contributed by atoms with Crippen LogP contribution in [0, 0.1) is 0 Å². The zero-order valence-electron chi connectivity index (χ0n) is 10.9. The number of ether oxygens (including phenoxy) is 1. The molecule has 1 amide bonds. The number of nitrogens with one attached hydrogen (secondary N) is 1. The van der Waals surface area contributed by atoms with Crippen molar-refractivity contribution in [2.45, 2.75) is 26.2 Å². The predicted octanol–water partition coefficient (Wildman–Crippen LogP) is 1.74. The lowest BCUT2D eigenvalue weighted by atomic mass is 10.1. The number of carbonyl (C=O) groups excluding carboxylic acids is 1. The molecule has 0 radical (unpaired) electrons. The van der Waals surface area contributed by atoms with Gasteiger partial charge in [0.1, 0.15) is 6.61 Å². The van der Waals surface area contributed by atoms with Crippen molar-refractivity contribution in [1.29, 1.82) is 0 Å². The van der Waals surface area contributed by atoms with E-state index in [1.54, 1.807) is 0 Å².